The molecule has 0 aliphatic rings. The van der Waals surface area contributed by atoms with Gasteiger partial charge in [-0.2, -0.15) is 0 Å². The molecule has 0 radical (unpaired) electrons. The summed E-state index contributed by atoms with van der Waals surface area (Å²) in [6, 6.07) is 19.3. The second-order valence-electron chi connectivity index (χ2n) is 4.23. The van der Waals surface area contributed by atoms with Crippen LogP contribution in [0.1, 0.15) is 24.0 Å². The average molecular weight is 319 g/mol. The van der Waals surface area contributed by atoms with Crippen molar-refractivity contribution in [1.29, 1.82) is 0 Å². The van der Waals surface area contributed by atoms with Crippen LogP contribution in [0.3, 0.4) is 0 Å². The zero-order valence-electron chi connectivity index (χ0n) is 10.6. The number of esters is 1. The number of rotatable bonds is 4. The molecule has 2 rings (SSSR count). The molecule has 0 N–H and O–H groups in total. The van der Waals surface area contributed by atoms with E-state index in [1.54, 1.807) is 6.92 Å². The number of hydrogen-bond donors (Lipinski definition) is 0. The van der Waals surface area contributed by atoms with Crippen LogP contribution >= 0.6 is 15.9 Å². The van der Waals surface area contributed by atoms with Gasteiger partial charge in [0.25, 0.3) is 0 Å². The quantitative estimate of drug-likeness (QED) is 0.626. The predicted octanol–water partition coefficient (Wildman–Crippen LogP) is 4.10. The van der Waals surface area contributed by atoms with Crippen LogP contribution in [0.15, 0.2) is 60.7 Å². The van der Waals surface area contributed by atoms with Crippen molar-refractivity contribution in [3.8, 4) is 0 Å². The maximum absolute atomic E-state index is 12.3. The van der Waals surface area contributed by atoms with Gasteiger partial charge in [0.05, 0.1) is 0 Å². The van der Waals surface area contributed by atoms with E-state index >= 15 is 0 Å². The summed E-state index contributed by atoms with van der Waals surface area (Å²) in [6.07, 6.45) is 0. The summed E-state index contributed by atoms with van der Waals surface area (Å²) in [7, 11) is 0. The highest BCUT2D eigenvalue weighted by molar-refractivity contribution is 9.09. The van der Waals surface area contributed by atoms with Crippen molar-refractivity contribution in [2.45, 2.75) is 17.9 Å². The van der Waals surface area contributed by atoms with Crippen LogP contribution in [-0.4, -0.2) is 11.0 Å². The first-order chi connectivity index (χ1) is 9.18. The fourth-order valence-corrected chi connectivity index (χ4v) is 2.17. The standard InChI is InChI=1S/C16H15BrO2/c1-12(17)19-16(18)15(13-8-4-2-5-9-13)14-10-6-3-7-11-14/h2-12,15H,1H3. The first-order valence-corrected chi connectivity index (χ1v) is 7.04. The van der Waals surface area contributed by atoms with E-state index in [2.05, 4.69) is 15.9 Å². The number of benzene rings is 2. The average Bonchev–Trinajstić information content (AvgIpc) is 2.40. The Labute approximate surface area is 121 Å². The summed E-state index contributed by atoms with van der Waals surface area (Å²) in [6.45, 7) is 1.78. The Morgan fingerprint density at radius 3 is 1.74 bits per heavy atom. The lowest BCUT2D eigenvalue weighted by Gasteiger charge is -2.18. The van der Waals surface area contributed by atoms with Gasteiger partial charge in [0.15, 0.2) is 5.01 Å². The predicted molar refractivity (Wildman–Crippen MR) is 79.2 cm³/mol. The molecule has 98 valence electrons. The van der Waals surface area contributed by atoms with E-state index in [-0.39, 0.29) is 16.9 Å². The molecule has 0 aliphatic heterocycles. The van der Waals surface area contributed by atoms with E-state index in [1.807, 2.05) is 60.7 Å². The topological polar surface area (TPSA) is 26.3 Å². The van der Waals surface area contributed by atoms with Crippen molar-refractivity contribution in [3.63, 3.8) is 0 Å². The molecule has 1 unspecified atom stereocenters. The van der Waals surface area contributed by atoms with Gasteiger partial charge in [-0.25, -0.2) is 0 Å². The van der Waals surface area contributed by atoms with Gasteiger partial charge in [-0.3, -0.25) is 4.79 Å². The van der Waals surface area contributed by atoms with Crippen molar-refractivity contribution in [1.82, 2.24) is 0 Å². The molecule has 1 atom stereocenters. The van der Waals surface area contributed by atoms with E-state index < -0.39 is 0 Å². The summed E-state index contributed by atoms with van der Waals surface area (Å²) in [5.41, 5.74) is 1.87. The van der Waals surface area contributed by atoms with Crippen LogP contribution < -0.4 is 0 Å². The molecule has 2 aromatic carbocycles. The first-order valence-electron chi connectivity index (χ1n) is 6.13. The van der Waals surface area contributed by atoms with E-state index in [1.165, 1.54) is 0 Å². The highest BCUT2D eigenvalue weighted by Crippen LogP contribution is 2.26. The lowest BCUT2D eigenvalue weighted by atomic mass is 9.91. The van der Waals surface area contributed by atoms with E-state index in [0.717, 1.165) is 11.1 Å². The van der Waals surface area contributed by atoms with Crippen molar-refractivity contribution in [3.05, 3.63) is 71.8 Å². The molecule has 0 heterocycles. The lowest BCUT2D eigenvalue weighted by molar-refractivity contribution is -0.145. The molecule has 2 aromatic rings. The molecule has 0 amide bonds. The van der Waals surface area contributed by atoms with Crippen molar-refractivity contribution < 1.29 is 9.53 Å². The molecular weight excluding hydrogens is 304 g/mol. The fraction of sp³-hybridized carbons (Fsp3) is 0.188. The largest absolute Gasteiger partial charge is 0.450 e. The molecule has 0 saturated heterocycles. The van der Waals surface area contributed by atoms with E-state index in [9.17, 15) is 4.79 Å². The van der Waals surface area contributed by atoms with Crippen LogP contribution in [0.5, 0.6) is 0 Å². The van der Waals surface area contributed by atoms with Crippen LogP contribution in [-0.2, 0) is 9.53 Å². The number of halogens is 1. The van der Waals surface area contributed by atoms with Crippen molar-refractivity contribution in [2.75, 3.05) is 0 Å². The second kappa shape index (κ2) is 6.53. The zero-order chi connectivity index (χ0) is 13.7. The number of hydrogen-bond acceptors (Lipinski definition) is 2. The van der Waals surface area contributed by atoms with Crippen LogP contribution in [0.25, 0.3) is 0 Å². The van der Waals surface area contributed by atoms with E-state index in [0.29, 0.717) is 0 Å². The van der Waals surface area contributed by atoms with Crippen molar-refractivity contribution in [2.24, 2.45) is 0 Å². The molecule has 3 heteroatoms. The molecule has 0 saturated carbocycles. The Kier molecular flexibility index (Phi) is 4.74. The Morgan fingerprint density at radius 1 is 0.947 bits per heavy atom. The minimum Gasteiger partial charge on any atom is -0.450 e. The summed E-state index contributed by atoms with van der Waals surface area (Å²) >= 11 is 3.25. The lowest BCUT2D eigenvalue weighted by Crippen LogP contribution is -2.19. The molecule has 0 bridgehead atoms. The van der Waals surface area contributed by atoms with E-state index in [4.69, 9.17) is 4.74 Å². The maximum atomic E-state index is 12.3. The van der Waals surface area contributed by atoms with Gasteiger partial charge >= 0.3 is 5.97 Å². The number of alkyl halides is 1. The van der Waals surface area contributed by atoms with Gasteiger partial charge in [-0.1, -0.05) is 60.7 Å². The first kappa shape index (κ1) is 13.8. The highest BCUT2D eigenvalue weighted by Gasteiger charge is 2.24. The summed E-state index contributed by atoms with van der Waals surface area (Å²) in [4.78, 5) is 12.3. The molecule has 0 aromatic heterocycles. The molecular formula is C16H15BrO2. The molecule has 0 aliphatic carbocycles. The highest BCUT2D eigenvalue weighted by atomic mass is 79.9. The normalized spacial score (nSPS) is 12.2. The fourth-order valence-electron chi connectivity index (χ4n) is 1.98. The van der Waals surface area contributed by atoms with Gasteiger partial charge in [0.1, 0.15) is 5.92 Å². The monoisotopic (exact) mass is 318 g/mol. The van der Waals surface area contributed by atoms with Crippen LogP contribution in [0, 0.1) is 0 Å². The number of carbonyl (C=O) groups excluding carboxylic acids is 1. The minimum atomic E-state index is -0.387. The van der Waals surface area contributed by atoms with Gasteiger partial charge in [0, 0.05) is 0 Å². The Morgan fingerprint density at radius 2 is 1.37 bits per heavy atom. The minimum absolute atomic E-state index is 0.248. The summed E-state index contributed by atoms with van der Waals surface area (Å²) in [5, 5.41) is -0.296. The summed E-state index contributed by atoms with van der Waals surface area (Å²) in [5.74, 6) is -0.635. The van der Waals surface area contributed by atoms with Gasteiger partial charge in [-0.15, -0.1) is 0 Å². The molecule has 19 heavy (non-hydrogen) atoms. The number of carbonyl (C=O) groups is 1. The molecule has 2 nitrogen and oxygen atoms in total. The van der Waals surface area contributed by atoms with Gasteiger partial charge in [-0.05, 0) is 34.0 Å². The van der Waals surface area contributed by atoms with Gasteiger partial charge in [0.2, 0.25) is 0 Å². The van der Waals surface area contributed by atoms with Crippen LogP contribution in [0.2, 0.25) is 0 Å². The third-order valence-corrected chi connectivity index (χ3v) is 2.97. The summed E-state index contributed by atoms with van der Waals surface area (Å²) < 4.78 is 5.30. The zero-order valence-corrected chi connectivity index (χ0v) is 12.2. The van der Waals surface area contributed by atoms with Crippen molar-refractivity contribution >= 4 is 21.9 Å². The number of ether oxygens (including phenoxy) is 1. The SMILES string of the molecule is CC(Br)OC(=O)C(c1ccccc1)c1ccccc1. The molecule has 0 fully saturated rings. The van der Waals surface area contributed by atoms with Crippen LogP contribution in [0.4, 0.5) is 0 Å². The maximum Gasteiger partial charge on any atom is 0.319 e. The Balaban J connectivity index is 2.37. The van der Waals surface area contributed by atoms with Gasteiger partial charge < -0.3 is 4.74 Å². The molecule has 0 spiro atoms. The smallest absolute Gasteiger partial charge is 0.319 e. The Hall–Kier alpha value is -1.61. The second-order valence-corrected chi connectivity index (χ2v) is 5.52. The third-order valence-electron chi connectivity index (χ3n) is 2.78. The third kappa shape index (κ3) is 3.67. The Bertz CT molecular complexity index is 483.